The molecule has 114 valence electrons. The number of nitrogens with one attached hydrogen (secondary N) is 2. The van der Waals surface area contributed by atoms with Crippen LogP contribution in [0, 0.1) is 0 Å². The molecule has 1 aliphatic rings. The number of ether oxygens (including phenoxy) is 1. The normalized spacial score (nSPS) is 17.9. The van der Waals surface area contributed by atoms with Crippen molar-refractivity contribution >= 4 is 17.6 Å². The van der Waals surface area contributed by atoms with Crippen LogP contribution in [0.25, 0.3) is 0 Å². The maximum absolute atomic E-state index is 10.7. The highest BCUT2D eigenvalue weighted by Gasteiger charge is 2.15. The Bertz CT molecular complexity index is 637. The van der Waals surface area contributed by atoms with Gasteiger partial charge in [-0.15, -0.1) is 0 Å². The Kier molecular flexibility index (Phi) is 4.27. The monoisotopic (exact) mass is 300 g/mol. The van der Waals surface area contributed by atoms with Crippen LogP contribution in [0.3, 0.4) is 0 Å². The smallest absolute Gasteiger partial charge is 0.338 e. The Morgan fingerprint density at radius 1 is 1.27 bits per heavy atom. The predicted octanol–water partition coefficient (Wildman–Crippen LogP) is 1.58. The third-order valence-corrected chi connectivity index (χ3v) is 3.37. The Morgan fingerprint density at radius 3 is 2.59 bits per heavy atom. The molecule has 0 amide bonds. The lowest BCUT2D eigenvalue weighted by molar-refractivity contribution is 0.0277. The fourth-order valence-electron chi connectivity index (χ4n) is 2.19. The maximum atomic E-state index is 10.7. The van der Waals surface area contributed by atoms with Crippen LogP contribution in [-0.2, 0) is 4.74 Å². The van der Waals surface area contributed by atoms with E-state index in [9.17, 15) is 4.79 Å². The number of carbonyl (C=O) groups is 1. The number of carboxylic acids is 1. The molecule has 0 spiro atoms. The van der Waals surface area contributed by atoms with Crippen molar-refractivity contribution in [2.45, 2.75) is 6.10 Å². The molecule has 0 unspecified atom stereocenters. The molecule has 3 rings (SSSR count). The van der Waals surface area contributed by atoms with Crippen molar-refractivity contribution in [3.8, 4) is 0 Å². The van der Waals surface area contributed by atoms with Crippen molar-refractivity contribution in [3.05, 3.63) is 47.8 Å². The van der Waals surface area contributed by atoms with E-state index in [-0.39, 0.29) is 11.7 Å². The Labute approximate surface area is 127 Å². The van der Waals surface area contributed by atoms with E-state index in [1.807, 2.05) is 24.3 Å². The first kappa shape index (κ1) is 14.4. The van der Waals surface area contributed by atoms with Crippen LogP contribution in [0.5, 0.6) is 0 Å². The lowest BCUT2D eigenvalue weighted by Crippen LogP contribution is -2.33. The third-order valence-electron chi connectivity index (χ3n) is 3.37. The summed E-state index contributed by atoms with van der Waals surface area (Å²) in [6, 6.07) is 7.82. The Balaban J connectivity index is 1.66. The fraction of sp³-hybridized carbons (Fsp3) is 0.267. The molecule has 1 fully saturated rings. The number of aromatic carboxylic acids is 1. The van der Waals surface area contributed by atoms with Gasteiger partial charge in [-0.3, -0.25) is 0 Å². The van der Waals surface area contributed by atoms with Crippen LogP contribution in [0.2, 0.25) is 0 Å². The topological polar surface area (TPSA) is 96.4 Å². The summed E-state index contributed by atoms with van der Waals surface area (Å²) < 4.78 is 5.69. The molecule has 2 aromatic rings. The third kappa shape index (κ3) is 3.38. The summed E-state index contributed by atoms with van der Waals surface area (Å²) in [5.41, 5.74) is 2.00. The molecule has 1 saturated heterocycles. The van der Waals surface area contributed by atoms with Gasteiger partial charge in [0.25, 0.3) is 0 Å². The first-order valence-corrected chi connectivity index (χ1v) is 6.97. The van der Waals surface area contributed by atoms with Crippen LogP contribution < -0.4 is 10.6 Å². The molecule has 22 heavy (non-hydrogen) atoms. The predicted molar refractivity (Wildman–Crippen MR) is 80.3 cm³/mol. The van der Waals surface area contributed by atoms with Gasteiger partial charge in [0.15, 0.2) is 0 Å². The highest BCUT2D eigenvalue weighted by atomic mass is 16.5. The summed E-state index contributed by atoms with van der Waals surface area (Å²) in [6.07, 6.45) is 2.62. The number of benzene rings is 1. The summed E-state index contributed by atoms with van der Waals surface area (Å²) in [5.74, 6) is -0.690. The molecule has 2 heterocycles. The van der Waals surface area contributed by atoms with Crippen molar-refractivity contribution in [2.24, 2.45) is 0 Å². The van der Waals surface area contributed by atoms with Gasteiger partial charge >= 0.3 is 5.97 Å². The van der Waals surface area contributed by atoms with Crippen LogP contribution in [0.4, 0.5) is 11.6 Å². The first-order valence-electron chi connectivity index (χ1n) is 6.97. The quantitative estimate of drug-likeness (QED) is 0.788. The molecular weight excluding hydrogens is 284 g/mol. The second-order valence-corrected chi connectivity index (χ2v) is 4.91. The molecule has 1 atom stereocenters. The molecule has 0 radical (unpaired) electrons. The zero-order valence-electron chi connectivity index (χ0n) is 11.8. The van der Waals surface area contributed by atoms with E-state index in [4.69, 9.17) is 9.84 Å². The Hall–Kier alpha value is -2.51. The molecule has 7 nitrogen and oxygen atoms in total. The molecule has 3 N–H and O–H groups in total. The van der Waals surface area contributed by atoms with Gasteiger partial charge in [-0.25, -0.2) is 14.8 Å². The summed E-state index contributed by atoms with van der Waals surface area (Å²) in [4.78, 5) is 18.7. The number of rotatable bonds is 4. The van der Waals surface area contributed by atoms with Crippen LogP contribution >= 0.6 is 0 Å². The van der Waals surface area contributed by atoms with Gasteiger partial charge in [-0.05, 0) is 17.7 Å². The van der Waals surface area contributed by atoms with Crippen LogP contribution in [0.1, 0.15) is 22.0 Å². The zero-order valence-corrected chi connectivity index (χ0v) is 11.8. The van der Waals surface area contributed by atoms with Crippen molar-refractivity contribution < 1.29 is 14.6 Å². The van der Waals surface area contributed by atoms with Crippen molar-refractivity contribution in [2.75, 3.05) is 25.0 Å². The number of hydrogen-bond donors (Lipinski definition) is 3. The van der Waals surface area contributed by atoms with Gasteiger partial charge < -0.3 is 20.5 Å². The lowest BCUT2D eigenvalue weighted by atomic mass is 10.1. The highest BCUT2D eigenvalue weighted by molar-refractivity contribution is 5.86. The molecular formula is C15H16N4O3. The van der Waals surface area contributed by atoms with Crippen LogP contribution in [0.15, 0.2) is 36.7 Å². The molecule has 1 aliphatic heterocycles. The minimum Gasteiger partial charge on any atom is -0.478 e. The molecule has 0 bridgehead atoms. The van der Waals surface area contributed by atoms with E-state index in [1.165, 1.54) is 12.4 Å². The number of aromatic nitrogens is 2. The summed E-state index contributed by atoms with van der Waals surface area (Å²) >= 11 is 0. The van der Waals surface area contributed by atoms with E-state index >= 15 is 0 Å². The average molecular weight is 300 g/mol. The van der Waals surface area contributed by atoms with Gasteiger partial charge in [-0.1, -0.05) is 12.1 Å². The van der Waals surface area contributed by atoms with Gasteiger partial charge in [0, 0.05) is 31.2 Å². The molecule has 1 aromatic heterocycles. The minimum atomic E-state index is -1.04. The van der Waals surface area contributed by atoms with Crippen molar-refractivity contribution in [1.29, 1.82) is 0 Å². The zero-order chi connectivity index (χ0) is 15.4. The second kappa shape index (κ2) is 6.50. The van der Waals surface area contributed by atoms with E-state index in [0.29, 0.717) is 12.6 Å². The summed E-state index contributed by atoms with van der Waals surface area (Å²) in [7, 11) is 0. The van der Waals surface area contributed by atoms with Crippen molar-refractivity contribution in [1.82, 2.24) is 15.3 Å². The lowest BCUT2D eigenvalue weighted by Gasteiger charge is -2.24. The van der Waals surface area contributed by atoms with Gasteiger partial charge in [0.05, 0.1) is 18.3 Å². The average Bonchev–Trinajstić information content (AvgIpc) is 2.57. The van der Waals surface area contributed by atoms with Gasteiger partial charge in [-0.2, -0.15) is 0 Å². The number of carboxylic acid groups (broad SMARTS) is 1. The first-order chi connectivity index (χ1) is 10.7. The minimum absolute atomic E-state index is 0.0582. The fourth-order valence-corrected chi connectivity index (χ4v) is 2.19. The SMILES string of the molecule is O=C(O)c1cnc(Nc2ccc([C@@H]3CNCCO3)cc2)nc1. The Morgan fingerprint density at radius 2 is 2.00 bits per heavy atom. The molecule has 0 aliphatic carbocycles. The summed E-state index contributed by atoms with van der Waals surface area (Å²) in [5, 5.41) is 15.1. The molecule has 1 aromatic carbocycles. The van der Waals surface area contributed by atoms with Gasteiger partial charge in [0.1, 0.15) is 0 Å². The number of anilines is 2. The number of morpholine rings is 1. The summed E-state index contributed by atoms with van der Waals surface area (Å²) in [6.45, 7) is 2.42. The number of hydrogen-bond acceptors (Lipinski definition) is 6. The van der Waals surface area contributed by atoms with E-state index in [1.54, 1.807) is 0 Å². The number of nitrogens with zero attached hydrogens (tertiary/aromatic N) is 2. The highest BCUT2D eigenvalue weighted by Crippen LogP contribution is 2.21. The van der Waals surface area contributed by atoms with Crippen LogP contribution in [-0.4, -0.2) is 40.7 Å². The molecule has 7 heteroatoms. The maximum Gasteiger partial charge on any atom is 0.338 e. The van der Waals surface area contributed by atoms with E-state index in [2.05, 4.69) is 20.6 Å². The van der Waals surface area contributed by atoms with E-state index in [0.717, 1.165) is 24.3 Å². The largest absolute Gasteiger partial charge is 0.478 e. The van der Waals surface area contributed by atoms with Crippen molar-refractivity contribution in [3.63, 3.8) is 0 Å². The second-order valence-electron chi connectivity index (χ2n) is 4.91. The van der Waals surface area contributed by atoms with Gasteiger partial charge in [0.2, 0.25) is 5.95 Å². The standard InChI is InChI=1S/C15H16N4O3/c20-14(21)11-7-17-15(18-8-11)19-12-3-1-10(2-4-12)13-9-16-5-6-22-13/h1-4,7-8,13,16H,5-6,9H2,(H,20,21)(H,17,18,19)/t13-/m0/s1. The van der Waals surface area contributed by atoms with E-state index < -0.39 is 5.97 Å². The molecule has 0 saturated carbocycles.